The third kappa shape index (κ3) is 5.11. The Balaban J connectivity index is 2.64. The molecule has 1 N–H and O–H groups in total. The normalized spacial score (nSPS) is 20.1. The van der Waals surface area contributed by atoms with E-state index in [9.17, 15) is 4.79 Å². The van der Waals surface area contributed by atoms with Gasteiger partial charge in [-0.15, -0.1) is 0 Å². The van der Waals surface area contributed by atoms with Gasteiger partial charge >= 0.3 is 5.97 Å². The Morgan fingerprint density at radius 2 is 2.11 bits per heavy atom. The number of carbonyl (C=O) groups is 1. The lowest BCUT2D eigenvalue weighted by Gasteiger charge is -2.34. The number of ether oxygens (including phenoxy) is 1. The average Bonchev–Trinajstić information content (AvgIpc) is 3.13. The third-order valence-electron chi connectivity index (χ3n) is 3.86. The largest absolute Gasteiger partial charge is 0.465 e. The van der Waals surface area contributed by atoms with Crippen LogP contribution in [0.4, 0.5) is 0 Å². The molecule has 1 fully saturated rings. The molecule has 0 spiro atoms. The first-order valence-electron chi connectivity index (χ1n) is 7.58. The zero-order valence-electron chi connectivity index (χ0n) is 13.2. The highest BCUT2D eigenvalue weighted by atomic mass is 16.5. The maximum Gasteiger partial charge on any atom is 0.326 e. The van der Waals surface area contributed by atoms with Gasteiger partial charge in [0.1, 0.15) is 5.54 Å². The van der Waals surface area contributed by atoms with E-state index < -0.39 is 5.54 Å². The van der Waals surface area contributed by atoms with Crippen molar-refractivity contribution in [2.45, 2.75) is 71.0 Å². The van der Waals surface area contributed by atoms with Gasteiger partial charge in [0.25, 0.3) is 0 Å². The Kier molecular flexibility index (Phi) is 6.27. The molecule has 0 bridgehead atoms. The average molecular weight is 270 g/mol. The summed E-state index contributed by atoms with van der Waals surface area (Å²) < 4.78 is 5.26. The summed E-state index contributed by atoms with van der Waals surface area (Å²) in [6.07, 6.45) is 4.27. The smallest absolute Gasteiger partial charge is 0.326 e. The molecule has 4 nitrogen and oxygen atoms in total. The number of nitrogens with one attached hydrogen (secondary N) is 1. The lowest BCUT2D eigenvalue weighted by molar-refractivity contribution is -0.151. The van der Waals surface area contributed by atoms with E-state index in [1.54, 1.807) is 0 Å². The first-order valence-corrected chi connectivity index (χ1v) is 7.58. The predicted molar refractivity (Wildman–Crippen MR) is 78.2 cm³/mol. The van der Waals surface area contributed by atoms with Gasteiger partial charge in [-0.05, 0) is 60.0 Å². The van der Waals surface area contributed by atoms with Gasteiger partial charge in [0.15, 0.2) is 0 Å². The topological polar surface area (TPSA) is 41.6 Å². The Hall–Kier alpha value is -0.610. The van der Waals surface area contributed by atoms with Gasteiger partial charge in [-0.2, -0.15) is 0 Å². The van der Waals surface area contributed by atoms with Crippen molar-refractivity contribution in [1.82, 2.24) is 10.2 Å². The van der Waals surface area contributed by atoms with Crippen molar-refractivity contribution in [2.75, 3.05) is 20.2 Å². The van der Waals surface area contributed by atoms with Crippen LogP contribution in [0.5, 0.6) is 0 Å². The maximum atomic E-state index is 12.2. The Morgan fingerprint density at radius 1 is 1.47 bits per heavy atom. The lowest BCUT2D eigenvalue weighted by Crippen LogP contribution is -2.54. The number of carbonyl (C=O) groups excluding carboxylic acids is 1. The zero-order chi connectivity index (χ0) is 14.5. The summed E-state index contributed by atoms with van der Waals surface area (Å²) in [6, 6.07) is 0.860. The van der Waals surface area contributed by atoms with Gasteiger partial charge < -0.3 is 9.64 Å². The molecule has 2 atom stereocenters. The number of hydrogen-bond donors (Lipinski definition) is 1. The third-order valence-corrected chi connectivity index (χ3v) is 3.86. The number of hydrogen-bond acceptors (Lipinski definition) is 4. The highest BCUT2D eigenvalue weighted by Gasteiger charge is 2.41. The second-order valence-corrected chi connectivity index (χ2v) is 6.00. The monoisotopic (exact) mass is 270 g/mol. The van der Waals surface area contributed by atoms with Crippen LogP contribution in [-0.2, 0) is 9.53 Å². The number of nitrogens with zero attached hydrogens (tertiary/aromatic N) is 1. The first-order chi connectivity index (χ1) is 8.92. The highest BCUT2D eigenvalue weighted by molar-refractivity contribution is 5.80. The van der Waals surface area contributed by atoms with Crippen LogP contribution in [0.3, 0.4) is 0 Å². The SMILES string of the molecule is CCCN(C)C(C)CC(C)(NC1CC1)C(=O)OCC. The summed E-state index contributed by atoms with van der Waals surface area (Å²) in [5, 5.41) is 3.48. The molecule has 0 saturated heterocycles. The molecule has 112 valence electrons. The van der Waals surface area contributed by atoms with Crippen molar-refractivity contribution in [3.05, 3.63) is 0 Å². The molecule has 2 unspecified atom stereocenters. The van der Waals surface area contributed by atoms with Crippen LogP contribution in [0.15, 0.2) is 0 Å². The molecule has 19 heavy (non-hydrogen) atoms. The Morgan fingerprint density at radius 3 is 2.58 bits per heavy atom. The highest BCUT2D eigenvalue weighted by Crippen LogP contribution is 2.26. The predicted octanol–water partition coefficient (Wildman–Crippen LogP) is 2.18. The molecule has 0 aromatic heterocycles. The van der Waals surface area contributed by atoms with Gasteiger partial charge in [0.2, 0.25) is 0 Å². The first kappa shape index (κ1) is 16.4. The molecule has 0 heterocycles. The summed E-state index contributed by atoms with van der Waals surface area (Å²) in [6.45, 7) is 9.71. The van der Waals surface area contributed by atoms with E-state index in [0.29, 0.717) is 18.7 Å². The minimum Gasteiger partial charge on any atom is -0.465 e. The van der Waals surface area contributed by atoms with Gasteiger partial charge in [-0.3, -0.25) is 10.1 Å². The van der Waals surface area contributed by atoms with Crippen molar-refractivity contribution < 1.29 is 9.53 Å². The number of rotatable bonds is 9. The van der Waals surface area contributed by atoms with Crippen LogP contribution in [0.25, 0.3) is 0 Å². The summed E-state index contributed by atoms with van der Waals surface area (Å²) in [4.78, 5) is 14.6. The van der Waals surface area contributed by atoms with Crippen LogP contribution in [0.2, 0.25) is 0 Å². The van der Waals surface area contributed by atoms with Crippen LogP contribution in [0.1, 0.15) is 53.4 Å². The molecule has 1 rings (SSSR count). The van der Waals surface area contributed by atoms with Crippen molar-refractivity contribution in [3.63, 3.8) is 0 Å². The molecule has 1 aliphatic rings. The molecular formula is C15H30N2O2. The van der Waals surface area contributed by atoms with E-state index in [1.165, 1.54) is 12.8 Å². The van der Waals surface area contributed by atoms with Crippen molar-refractivity contribution in [2.24, 2.45) is 0 Å². The Bertz CT molecular complexity index is 292. The fourth-order valence-corrected chi connectivity index (χ4v) is 2.49. The van der Waals surface area contributed by atoms with Gasteiger partial charge in [0, 0.05) is 12.1 Å². The Labute approximate surface area is 117 Å². The van der Waals surface area contributed by atoms with Crippen molar-refractivity contribution in [1.29, 1.82) is 0 Å². The zero-order valence-corrected chi connectivity index (χ0v) is 13.2. The quantitative estimate of drug-likeness (QED) is 0.652. The molecule has 0 amide bonds. The molecule has 0 aliphatic heterocycles. The minimum absolute atomic E-state index is 0.112. The second-order valence-electron chi connectivity index (χ2n) is 6.00. The van der Waals surface area contributed by atoms with E-state index in [-0.39, 0.29) is 5.97 Å². The summed E-state index contributed by atoms with van der Waals surface area (Å²) in [7, 11) is 2.12. The maximum absolute atomic E-state index is 12.2. The molecule has 0 aromatic rings. The minimum atomic E-state index is -0.557. The van der Waals surface area contributed by atoms with Crippen molar-refractivity contribution >= 4 is 5.97 Å². The standard InChI is InChI=1S/C15H30N2O2/c1-6-10-17(5)12(3)11-15(4,14(18)19-7-2)16-13-8-9-13/h12-13,16H,6-11H2,1-5H3. The fourth-order valence-electron chi connectivity index (χ4n) is 2.49. The van der Waals surface area contributed by atoms with E-state index in [1.807, 2.05) is 13.8 Å². The van der Waals surface area contributed by atoms with Gasteiger partial charge in [-0.25, -0.2) is 0 Å². The molecular weight excluding hydrogens is 240 g/mol. The summed E-state index contributed by atoms with van der Waals surface area (Å²) in [5.74, 6) is -0.112. The van der Waals surface area contributed by atoms with Crippen LogP contribution in [-0.4, -0.2) is 48.7 Å². The molecule has 0 aromatic carbocycles. The van der Waals surface area contributed by atoms with Gasteiger partial charge in [0.05, 0.1) is 6.61 Å². The van der Waals surface area contributed by atoms with Gasteiger partial charge in [-0.1, -0.05) is 6.92 Å². The van der Waals surface area contributed by atoms with E-state index >= 15 is 0 Å². The molecule has 1 aliphatic carbocycles. The summed E-state index contributed by atoms with van der Waals surface area (Å²) in [5.41, 5.74) is -0.557. The summed E-state index contributed by atoms with van der Waals surface area (Å²) >= 11 is 0. The molecule has 1 saturated carbocycles. The van der Waals surface area contributed by atoms with E-state index in [4.69, 9.17) is 4.74 Å². The fraction of sp³-hybridized carbons (Fsp3) is 0.933. The second kappa shape index (κ2) is 7.25. The van der Waals surface area contributed by atoms with Crippen LogP contribution in [0, 0.1) is 0 Å². The van der Waals surface area contributed by atoms with E-state index in [2.05, 4.69) is 31.1 Å². The van der Waals surface area contributed by atoms with Crippen molar-refractivity contribution in [3.8, 4) is 0 Å². The van der Waals surface area contributed by atoms with Crippen LogP contribution < -0.4 is 5.32 Å². The lowest BCUT2D eigenvalue weighted by atomic mass is 9.92. The number of esters is 1. The molecule has 4 heteroatoms. The molecule has 0 radical (unpaired) electrons. The van der Waals surface area contributed by atoms with Crippen LogP contribution >= 0.6 is 0 Å². The van der Waals surface area contributed by atoms with E-state index in [0.717, 1.165) is 19.4 Å².